The van der Waals surface area contributed by atoms with Gasteiger partial charge in [-0.3, -0.25) is 0 Å². The number of rotatable bonds is 8. The van der Waals surface area contributed by atoms with E-state index in [2.05, 4.69) is 25.8 Å². The molecule has 0 N–H and O–H groups in total. The van der Waals surface area contributed by atoms with Crippen LogP contribution in [0.5, 0.6) is 0 Å². The lowest BCUT2D eigenvalue weighted by atomic mass is 9.98. The van der Waals surface area contributed by atoms with E-state index in [-0.39, 0.29) is 0 Å². The van der Waals surface area contributed by atoms with Crippen molar-refractivity contribution in [2.75, 3.05) is 19.5 Å². The fraction of sp³-hybridized carbons (Fsp3) is 0.867. The van der Waals surface area contributed by atoms with E-state index in [0.29, 0.717) is 24.4 Å². The number of amides is 1. The number of ether oxygens (including phenoxy) is 2. The highest BCUT2D eigenvalue weighted by Crippen LogP contribution is 2.15. The molecule has 4 nitrogen and oxygen atoms in total. The van der Waals surface area contributed by atoms with E-state index in [0.717, 1.165) is 12.3 Å². The number of carbonyl (C=O) groups excluding carboxylic acids is 1. The number of hydrogen-bond donors (Lipinski definition) is 0. The molecule has 0 radical (unpaired) electrons. The van der Waals surface area contributed by atoms with Crippen LogP contribution in [0.15, 0.2) is 4.99 Å². The van der Waals surface area contributed by atoms with Crippen molar-refractivity contribution in [3.63, 3.8) is 0 Å². The van der Waals surface area contributed by atoms with E-state index in [1.807, 2.05) is 6.26 Å². The zero-order valence-electron chi connectivity index (χ0n) is 13.5. The second-order valence-corrected chi connectivity index (χ2v) is 6.11. The Morgan fingerprint density at radius 3 is 2.40 bits per heavy atom. The third kappa shape index (κ3) is 11.1. The summed E-state index contributed by atoms with van der Waals surface area (Å²) in [5.74, 6) is 1.41. The summed E-state index contributed by atoms with van der Waals surface area (Å²) in [5, 5.41) is 0.387. The quantitative estimate of drug-likeness (QED) is 0.480. The van der Waals surface area contributed by atoms with Gasteiger partial charge in [0.2, 0.25) is 0 Å². The largest absolute Gasteiger partial charge is 0.473 e. The first-order valence-electron chi connectivity index (χ1n) is 7.41. The minimum Gasteiger partial charge on any atom is -0.473 e. The summed E-state index contributed by atoms with van der Waals surface area (Å²) in [4.78, 5) is 15.0. The van der Waals surface area contributed by atoms with Crippen LogP contribution in [-0.2, 0) is 9.47 Å². The van der Waals surface area contributed by atoms with Crippen molar-refractivity contribution in [3.05, 3.63) is 0 Å². The van der Waals surface area contributed by atoms with Gasteiger partial charge in [-0.1, -0.05) is 51.8 Å². The van der Waals surface area contributed by atoms with Crippen molar-refractivity contribution in [2.45, 2.75) is 53.4 Å². The van der Waals surface area contributed by atoms with Crippen molar-refractivity contribution in [1.29, 1.82) is 0 Å². The van der Waals surface area contributed by atoms with Crippen LogP contribution in [0.3, 0.4) is 0 Å². The molecule has 1 atom stereocenters. The van der Waals surface area contributed by atoms with Gasteiger partial charge in [0.05, 0.1) is 13.2 Å². The van der Waals surface area contributed by atoms with Crippen LogP contribution in [0.1, 0.15) is 53.4 Å². The monoisotopic (exact) mass is 303 g/mol. The predicted molar refractivity (Wildman–Crippen MR) is 86.4 cm³/mol. The van der Waals surface area contributed by atoms with Crippen LogP contribution in [0.25, 0.3) is 0 Å². The zero-order chi connectivity index (χ0) is 15.4. The lowest BCUT2D eigenvalue weighted by molar-refractivity contribution is 0.162. The molecule has 0 saturated heterocycles. The maximum Gasteiger partial charge on any atom is 0.437 e. The van der Waals surface area contributed by atoms with E-state index in [1.54, 1.807) is 6.92 Å². The Bertz CT molecular complexity index is 293. The SMILES string of the molecule is CCOC(=O)/N=C(/OCCC(C)CCCC(C)C)SC. The van der Waals surface area contributed by atoms with Crippen LogP contribution >= 0.6 is 11.8 Å². The molecule has 0 aliphatic rings. The van der Waals surface area contributed by atoms with Gasteiger partial charge in [-0.25, -0.2) is 4.79 Å². The Hall–Kier alpha value is -0.710. The van der Waals surface area contributed by atoms with Gasteiger partial charge in [-0.15, -0.1) is 4.99 Å². The topological polar surface area (TPSA) is 47.9 Å². The van der Waals surface area contributed by atoms with Gasteiger partial charge in [-0.2, -0.15) is 0 Å². The van der Waals surface area contributed by atoms with Gasteiger partial charge in [0.15, 0.2) is 0 Å². The van der Waals surface area contributed by atoms with Crippen molar-refractivity contribution in [2.24, 2.45) is 16.8 Å². The molecule has 0 aliphatic heterocycles. The van der Waals surface area contributed by atoms with Gasteiger partial charge < -0.3 is 9.47 Å². The molecule has 0 aliphatic carbocycles. The number of carbonyl (C=O) groups is 1. The van der Waals surface area contributed by atoms with Gasteiger partial charge >= 0.3 is 6.09 Å². The summed E-state index contributed by atoms with van der Waals surface area (Å²) in [6, 6.07) is 0. The molecule has 20 heavy (non-hydrogen) atoms. The summed E-state index contributed by atoms with van der Waals surface area (Å²) in [6.07, 6.45) is 6.02. The summed E-state index contributed by atoms with van der Waals surface area (Å²) < 4.78 is 10.3. The highest BCUT2D eigenvalue weighted by atomic mass is 32.2. The Balaban J connectivity index is 3.86. The van der Waals surface area contributed by atoms with E-state index < -0.39 is 6.09 Å². The highest BCUT2D eigenvalue weighted by Gasteiger charge is 2.07. The molecule has 118 valence electrons. The van der Waals surface area contributed by atoms with Crippen LogP contribution in [0.2, 0.25) is 0 Å². The van der Waals surface area contributed by atoms with Gasteiger partial charge in [-0.05, 0) is 31.4 Å². The molecule has 5 heteroatoms. The molecule has 0 saturated carbocycles. The second-order valence-electron chi connectivity index (χ2n) is 5.35. The van der Waals surface area contributed by atoms with Crippen molar-refractivity contribution in [3.8, 4) is 0 Å². The lowest BCUT2D eigenvalue weighted by Gasteiger charge is -2.13. The van der Waals surface area contributed by atoms with E-state index >= 15 is 0 Å². The second kappa shape index (κ2) is 12.1. The first-order chi connectivity index (χ1) is 9.49. The summed E-state index contributed by atoms with van der Waals surface area (Å²) >= 11 is 1.32. The smallest absolute Gasteiger partial charge is 0.437 e. The van der Waals surface area contributed by atoms with Gasteiger partial charge in [0.25, 0.3) is 5.23 Å². The minimum atomic E-state index is -0.582. The maximum absolute atomic E-state index is 11.2. The van der Waals surface area contributed by atoms with Gasteiger partial charge in [0, 0.05) is 0 Å². The molecule has 0 aromatic carbocycles. The minimum absolute atomic E-state index is 0.330. The molecule has 0 aromatic rings. The average Bonchev–Trinajstić information content (AvgIpc) is 2.37. The van der Waals surface area contributed by atoms with E-state index in [4.69, 9.17) is 9.47 Å². The van der Waals surface area contributed by atoms with Crippen LogP contribution in [0, 0.1) is 11.8 Å². The standard InChI is InChI=1S/C15H29NO3S/c1-6-18-14(17)16-15(20-5)19-11-10-13(4)9-7-8-12(2)3/h12-13H,6-11H2,1-5H3/b16-15-. The number of hydrogen-bond acceptors (Lipinski definition) is 4. The van der Waals surface area contributed by atoms with Crippen LogP contribution in [0.4, 0.5) is 4.79 Å². The molecule has 0 spiro atoms. The fourth-order valence-corrected chi connectivity index (χ4v) is 2.10. The number of nitrogens with zero attached hydrogens (tertiary/aromatic N) is 1. The summed E-state index contributed by atoms with van der Waals surface area (Å²) in [5.41, 5.74) is 0. The molecule has 0 aromatic heterocycles. The van der Waals surface area contributed by atoms with Crippen LogP contribution in [-0.4, -0.2) is 30.8 Å². The fourth-order valence-electron chi connectivity index (χ4n) is 1.73. The Labute approximate surface area is 127 Å². The maximum atomic E-state index is 11.2. The molecule has 1 amide bonds. The summed E-state index contributed by atoms with van der Waals surface area (Å²) in [7, 11) is 0. The first-order valence-corrected chi connectivity index (χ1v) is 8.64. The third-order valence-electron chi connectivity index (χ3n) is 2.94. The predicted octanol–water partition coefficient (Wildman–Crippen LogP) is 4.73. The molecular weight excluding hydrogens is 274 g/mol. The molecule has 0 bridgehead atoms. The highest BCUT2D eigenvalue weighted by molar-refractivity contribution is 8.13. The molecule has 0 rings (SSSR count). The Morgan fingerprint density at radius 1 is 1.15 bits per heavy atom. The third-order valence-corrected chi connectivity index (χ3v) is 3.50. The zero-order valence-corrected chi connectivity index (χ0v) is 14.3. The van der Waals surface area contributed by atoms with Crippen LogP contribution < -0.4 is 0 Å². The number of thioether (sulfide) groups is 1. The van der Waals surface area contributed by atoms with Crippen molar-refractivity contribution < 1.29 is 14.3 Å². The average molecular weight is 303 g/mol. The molecular formula is C15H29NO3S. The van der Waals surface area contributed by atoms with E-state index in [1.165, 1.54) is 31.0 Å². The first kappa shape index (κ1) is 19.3. The Morgan fingerprint density at radius 2 is 1.85 bits per heavy atom. The molecule has 1 unspecified atom stereocenters. The normalized spacial score (nSPS) is 13.4. The summed E-state index contributed by atoms with van der Waals surface area (Å²) in [6.45, 7) is 9.43. The molecule has 0 fully saturated rings. The van der Waals surface area contributed by atoms with Crippen molar-refractivity contribution in [1.82, 2.24) is 0 Å². The lowest BCUT2D eigenvalue weighted by Crippen LogP contribution is -2.09. The van der Waals surface area contributed by atoms with E-state index in [9.17, 15) is 4.79 Å². The van der Waals surface area contributed by atoms with Gasteiger partial charge in [0.1, 0.15) is 0 Å². The molecule has 0 heterocycles. The Kier molecular flexibility index (Phi) is 11.6. The van der Waals surface area contributed by atoms with Crippen molar-refractivity contribution >= 4 is 23.1 Å². The number of aliphatic imine (C=N–C) groups is 1.